The molecule has 1 N–H and O–H groups in total. The molecule has 0 amide bonds. The third-order valence-electron chi connectivity index (χ3n) is 2.24. The zero-order valence-electron chi connectivity index (χ0n) is 9.60. The van der Waals surface area contributed by atoms with Crippen molar-refractivity contribution in [1.29, 1.82) is 0 Å². The van der Waals surface area contributed by atoms with E-state index >= 15 is 0 Å². The molecule has 0 atom stereocenters. The van der Waals surface area contributed by atoms with E-state index in [9.17, 15) is 0 Å². The van der Waals surface area contributed by atoms with Crippen LogP contribution in [0.3, 0.4) is 0 Å². The number of aromatic nitrogens is 2. The van der Waals surface area contributed by atoms with Gasteiger partial charge < -0.3 is 14.7 Å². The first-order chi connectivity index (χ1) is 7.19. The van der Waals surface area contributed by atoms with E-state index in [4.69, 9.17) is 9.84 Å². The summed E-state index contributed by atoms with van der Waals surface area (Å²) in [6, 6.07) is 0. The van der Waals surface area contributed by atoms with E-state index in [1.807, 2.05) is 18.8 Å². The maximum atomic E-state index is 8.95. The lowest BCUT2D eigenvalue weighted by molar-refractivity contribution is 0.289. The van der Waals surface area contributed by atoms with Gasteiger partial charge in [0.1, 0.15) is 0 Å². The summed E-state index contributed by atoms with van der Waals surface area (Å²) in [5, 5.41) is 13.2. The second-order valence-electron chi connectivity index (χ2n) is 3.66. The van der Waals surface area contributed by atoms with Gasteiger partial charge in [-0.25, -0.2) is 0 Å². The molecule has 5 nitrogen and oxygen atoms in total. The van der Waals surface area contributed by atoms with Gasteiger partial charge in [0, 0.05) is 19.6 Å². The molecule has 0 aromatic carbocycles. The SMILES string of the molecule is COc1cnn(CCN(C)C)c1CCO. The molecule has 0 spiro atoms. The fourth-order valence-electron chi connectivity index (χ4n) is 1.41. The number of nitrogens with zero attached hydrogens (tertiary/aromatic N) is 3. The van der Waals surface area contributed by atoms with E-state index < -0.39 is 0 Å². The molecule has 0 unspecified atom stereocenters. The van der Waals surface area contributed by atoms with Gasteiger partial charge in [0.15, 0.2) is 5.75 Å². The van der Waals surface area contributed by atoms with Crippen LogP contribution in [0.2, 0.25) is 0 Å². The quantitative estimate of drug-likeness (QED) is 0.722. The topological polar surface area (TPSA) is 50.5 Å². The third kappa shape index (κ3) is 3.21. The molecular formula is C10H19N3O2. The van der Waals surface area contributed by atoms with Gasteiger partial charge in [-0.15, -0.1) is 0 Å². The summed E-state index contributed by atoms with van der Waals surface area (Å²) in [5.74, 6) is 0.753. The van der Waals surface area contributed by atoms with Gasteiger partial charge in [-0.05, 0) is 14.1 Å². The van der Waals surface area contributed by atoms with Crippen molar-refractivity contribution >= 4 is 0 Å². The molecule has 0 aliphatic rings. The molecule has 0 aliphatic heterocycles. The highest BCUT2D eigenvalue weighted by Crippen LogP contribution is 2.17. The zero-order chi connectivity index (χ0) is 11.3. The number of hydrogen-bond donors (Lipinski definition) is 1. The molecule has 0 radical (unpaired) electrons. The zero-order valence-corrected chi connectivity index (χ0v) is 9.60. The standard InChI is InChI=1S/C10H19N3O2/c1-12(2)5-6-13-9(4-7-14)10(15-3)8-11-13/h8,14H,4-7H2,1-3H3. The van der Waals surface area contributed by atoms with Crippen LogP contribution in [0.25, 0.3) is 0 Å². The van der Waals surface area contributed by atoms with Gasteiger partial charge in [0.05, 0.1) is 25.5 Å². The minimum atomic E-state index is 0.115. The predicted molar refractivity (Wildman–Crippen MR) is 58.1 cm³/mol. The number of likely N-dealkylation sites (N-methyl/N-ethyl adjacent to an activating group) is 1. The molecule has 5 heteroatoms. The number of rotatable bonds is 6. The van der Waals surface area contributed by atoms with Crippen LogP contribution in [0, 0.1) is 0 Å². The highest BCUT2D eigenvalue weighted by molar-refractivity contribution is 5.25. The number of aliphatic hydroxyl groups excluding tert-OH is 1. The lowest BCUT2D eigenvalue weighted by Crippen LogP contribution is -2.20. The molecule has 86 valence electrons. The Morgan fingerprint density at radius 3 is 2.80 bits per heavy atom. The minimum Gasteiger partial charge on any atom is -0.493 e. The predicted octanol–water partition coefficient (Wildman–Crippen LogP) is -0.0119. The number of aliphatic hydroxyl groups is 1. The Kier molecular flexibility index (Phi) is 4.58. The van der Waals surface area contributed by atoms with Crippen LogP contribution in [0.5, 0.6) is 5.75 Å². The summed E-state index contributed by atoms with van der Waals surface area (Å²) in [6.07, 6.45) is 2.28. The second-order valence-corrected chi connectivity index (χ2v) is 3.66. The first-order valence-electron chi connectivity index (χ1n) is 5.03. The average molecular weight is 213 g/mol. The first-order valence-corrected chi connectivity index (χ1v) is 5.03. The van der Waals surface area contributed by atoms with Crippen LogP contribution in [0.15, 0.2) is 6.20 Å². The maximum absolute atomic E-state index is 8.95. The molecule has 15 heavy (non-hydrogen) atoms. The Morgan fingerprint density at radius 1 is 1.53 bits per heavy atom. The van der Waals surface area contributed by atoms with Gasteiger partial charge in [-0.3, -0.25) is 4.68 Å². The molecule has 0 aliphatic carbocycles. The van der Waals surface area contributed by atoms with Crippen molar-refractivity contribution in [2.75, 3.05) is 34.4 Å². The van der Waals surface area contributed by atoms with E-state index in [2.05, 4.69) is 10.00 Å². The largest absolute Gasteiger partial charge is 0.493 e. The highest BCUT2D eigenvalue weighted by atomic mass is 16.5. The van der Waals surface area contributed by atoms with E-state index in [0.29, 0.717) is 6.42 Å². The minimum absolute atomic E-state index is 0.115. The average Bonchev–Trinajstić information content (AvgIpc) is 2.58. The number of ether oxygens (including phenoxy) is 1. The maximum Gasteiger partial charge on any atom is 0.160 e. The van der Waals surface area contributed by atoms with E-state index in [1.165, 1.54) is 0 Å². The molecule has 1 aromatic rings. The van der Waals surface area contributed by atoms with Crippen LogP contribution in [0.4, 0.5) is 0 Å². The molecule has 1 rings (SSSR count). The van der Waals surface area contributed by atoms with Crippen molar-refractivity contribution in [2.24, 2.45) is 0 Å². The first kappa shape index (κ1) is 12.0. The number of methoxy groups -OCH3 is 1. The Hall–Kier alpha value is -1.07. The van der Waals surface area contributed by atoms with Crippen molar-refractivity contribution in [1.82, 2.24) is 14.7 Å². The van der Waals surface area contributed by atoms with Crippen LogP contribution >= 0.6 is 0 Å². The molecule has 0 saturated heterocycles. The summed E-state index contributed by atoms with van der Waals surface area (Å²) in [6.45, 7) is 1.85. The van der Waals surface area contributed by atoms with Gasteiger partial charge in [0.25, 0.3) is 0 Å². The lowest BCUT2D eigenvalue weighted by atomic mass is 10.3. The lowest BCUT2D eigenvalue weighted by Gasteiger charge is -2.11. The van der Waals surface area contributed by atoms with E-state index in [1.54, 1.807) is 13.3 Å². The normalized spacial score (nSPS) is 11.0. The van der Waals surface area contributed by atoms with Gasteiger partial charge >= 0.3 is 0 Å². The monoisotopic (exact) mass is 213 g/mol. The Morgan fingerprint density at radius 2 is 2.27 bits per heavy atom. The third-order valence-corrected chi connectivity index (χ3v) is 2.24. The van der Waals surface area contributed by atoms with Crippen molar-refractivity contribution < 1.29 is 9.84 Å². The molecule has 0 fully saturated rings. The van der Waals surface area contributed by atoms with E-state index in [-0.39, 0.29) is 6.61 Å². The molecule has 1 aromatic heterocycles. The van der Waals surface area contributed by atoms with Crippen molar-refractivity contribution in [2.45, 2.75) is 13.0 Å². The Balaban J connectivity index is 2.72. The summed E-state index contributed by atoms with van der Waals surface area (Å²) in [7, 11) is 5.66. The summed E-state index contributed by atoms with van der Waals surface area (Å²) >= 11 is 0. The Bertz CT molecular complexity index is 297. The summed E-state index contributed by atoms with van der Waals surface area (Å²) in [4.78, 5) is 2.09. The van der Waals surface area contributed by atoms with Crippen molar-refractivity contribution in [3.05, 3.63) is 11.9 Å². The van der Waals surface area contributed by atoms with Crippen LogP contribution in [-0.4, -0.2) is 54.1 Å². The highest BCUT2D eigenvalue weighted by Gasteiger charge is 2.10. The second kappa shape index (κ2) is 5.72. The summed E-state index contributed by atoms with van der Waals surface area (Å²) in [5.41, 5.74) is 0.960. The van der Waals surface area contributed by atoms with Crippen LogP contribution in [0.1, 0.15) is 5.69 Å². The molecule has 0 saturated carbocycles. The fourth-order valence-corrected chi connectivity index (χ4v) is 1.41. The fraction of sp³-hybridized carbons (Fsp3) is 0.700. The van der Waals surface area contributed by atoms with Gasteiger partial charge in [-0.1, -0.05) is 0 Å². The molecule has 0 bridgehead atoms. The van der Waals surface area contributed by atoms with Crippen molar-refractivity contribution in [3.8, 4) is 5.75 Å². The summed E-state index contributed by atoms with van der Waals surface area (Å²) < 4.78 is 7.06. The van der Waals surface area contributed by atoms with Gasteiger partial charge in [0.2, 0.25) is 0 Å². The smallest absolute Gasteiger partial charge is 0.160 e. The molecule has 1 heterocycles. The van der Waals surface area contributed by atoms with Gasteiger partial charge in [-0.2, -0.15) is 5.10 Å². The molecular weight excluding hydrogens is 194 g/mol. The van der Waals surface area contributed by atoms with Crippen LogP contribution in [-0.2, 0) is 13.0 Å². The van der Waals surface area contributed by atoms with Crippen molar-refractivity contribution in [3.63, 3.8) is 0 Å². The van der Waals surface area contributed by atoms with Crippen LogP contribution < -0.4 is 4.74 Å². The Labute approximate surface area is 90.3 Å². The van der Waals surface area contributed by atoms with E-state index in [0.717, 1.165) is 24.5 Å². The number of hydrogen-bond acceptors (Lipinski definition) is 4.